The van der Waals surface area contributed by atoms with Crippen LogP contribution in [-0.4, -0.2) is 23.2 Å². The number of benzene rings is 1. The number of hydrogen-bond donors (Lipinski definition) is 1. The summed E-state index contributed by atoms with van der Waals surface area (Å²) in [5, 5.41) is 14.7. The minimum absolute atomic E-state index is 0.0161. The predicted octanol–water partition coefficient (Wildman–Crippen LogP) is 3.74. The van der Waals surface area contributed by atoms with Crippen molar-refractivity contribution >= 4 is 17.7 Å². The third-order valence-electron chi connectivity index (χ3n) is 3.44. The Labute approximate surface area is 140 Å². The number of anilines is 1. The molecule has 0 fully saturated rings. The number of methoxy groups -OCH3 is 1. The lowest BCUT2D eigenvalue weighted by Crippen LogP contribution is -2.11. The molecule has 1 aromatic carbocycles. The monoisotopic (exact) mass is 328 g/mol. The smallest absolute Gasteiger partial charge is 0.287 e. The Bertz CT molecular complexity index is 749. The van der Waals surface area contributed by atoms with Crippen LogP contribution >= 0.6 is 0 Å². The van der Waals surface area contributed by atoms with Gasteiger partial charge in [-0.2, -0.15) is 5.10 Å². The lowest BCUT2D eigenvalue weighted by Gasteiger charge is -2.20. The molecule has 2 aromatic rings. The third-order valence-corrected chi connectivity index (χ3v) is 3.44. The highest BCUT2D eigenvalue weighted by atomic mass is 16.6. The summed E-state index contributed by atoms with van der Waals surface area (Å²) >= 11 is 0. The quantitative estimate of drug-likeness (QED) is 0.513. The highest BCUT2D eigenvalue weighted by molar-refractivity contribution is 5.84. The van der Waals surface area contributed by atoms with E-state index < -0.39 is 4.92 Å². The van der Waals surface area contributed by atoms with E-state index >= 15 is 0 Å². The summed E-state index contributed by atoms with van der Waals surface area (Å²) in [6, 6.07) is 8.82. The molecule has 126 valence electrons. The van der Waals surface area contributed by atoms with E-state index in [9.17, 15) is 10.1 Å². The summed E-state index contributed by atoms with van der Waals surface area (Å²) in [6.07, 6.45) is 2.82. The number of nitro groups is 1. The molecule has 0 atom stereocenters. The van der Waals surface area contributed by atoms with Gasteiger partial charge < -0.3 is 4.74 Å². The van der Waals surface area contributed by atoms with Crippen molar-refractivity contribution in [3.8, 4) is 5.75 Å². The molecule has 0 radical (unpaired) electrons. The van der Waals surface area contributed by atoms with Gasteiger partial charge in [-0.15, -0.1) is 0 Å². The molecule has 7 nitrogen and oxygen atoms in total. The predicted molar refractivity (Wildman–Crippen MR) is 93.8 cm³/mol. The zero-order valence-corrected chi connectivity index (χ0v) is 14.1. The first-order valence-electron chi connectivity index (χ1n) is 7.39. The normalized spacial score (nSPS) is 11.5. The largest absolute Gasteiger partial charge is 0.496 e. The van der Waals surface area contributed by atoms with Crippen LogP contribution < -0.4 is 10.2 Å². The van der Waals surface area contributed by atoms with Gasteiger partial charge in [0, 0.05) is 11.6 Å². The van der Waals surface area contributed by atoms with Gasteiger partial charge in [-0.25, -0.2) is 4.98 Å². The standard InChI is InChI=1S/C17H20N4O3/c1-17(2,3)13-5-7-15(24-4)12(9-13)10-19-20-16-8-6-14(11-18-16)21(22)23/h5-11H,1-4H3,(H,18,20)/b19-10-. The van der Waals surface area contributed by atoms with Crippen LogP contribution in [0.25, 0.3) is 0 Å². The van der Waals surface area contributed by atoms with Crippen LogP contribution in [-0.2, 0) is 5.41 Å². The number of hydrazone groups is 1. The first-order valence-corrected chi connectivity index (χ1v) is 7.39. The second-order valence-corrected chi connectivity index (χ2v) is 6.24. The number of hydrogen-bond acceptors (Lipinski definition) is 6. The van der Waals surface area contributed by atoms with Crippen molar-refractivity contribution in [3.63, 3.8) is 0 Å². The van der Waals surface area contributed by atoms with E-state index in [1.54, 1.807) is 13.3 Å². The molecule has 7 heteroatoms. The second kappa shape index (κ2) is 7.08. The fourth-order valence-electron chi connectivity index (χ4n) is 2.03. The molecule has 0 unspecified atom stereocenters. The molecule has 0 aliphatic heterocycles. The Morgan fingerprint density at radius 2 is 2.04 bits per heavy atom. The summed E-state index contributed by atoms with van der Waals surface area (Å²) in [4.78, 5) is 14.0. The van der Waals surface area contributed by atoms with Crippen molar-refractivity contribution in [2.45, 2.75) is 26.2 Å². The highest BCUT2D eigenvalue weighted by Crippen LogP contribution is 2.27. The maximum absolute atomic E-state index is 10.6. The van der Waals surface area contributed by atoms with Gasteiger partial charge in [-0.1, -0.05) is 26.8 Å². The molecule has 0 spiro atoms. The van der Waals surface area contributed by atoms with Crippen LogP contribution in [0.2, 0.25) is 0 Å². The van der Waals surface area contributed by atoms with Crippen LogP contribution in [0.3, 0.4) is 0 Å². The summed E-state index contributed by atoms with van der Waals surface area (Å²) in [5.41, 5.74) is 4.70. The van der Waals surface area contributed by atoms with Crippen molar-refractivity contribution in [1.82, 2.24) is 4.98 Å². The van der Waals surface area contributed by atoms with Crippen LogP contribution in [0.5, 0.6) is 5.75 Å². The topological polar surface area (TPSA) is 89.6 Å². The van der Waals surface area contributed by atoms with E-state index in [0.29, 0.717) is 11.6 Å². The highest BCUT2D eigenvalue weighted by Gasteiger charge is 2.15. The molecule has 24 heavy (non-hydrogen) atoms. The van der Waals surface area contributed by atoms with Gasteiger partial charge >= 0.3 is 0 Å². The maximum atomic E-state index is 10.6. The van der Waals surface area contributed by atoms with E-state index in [1.807, 2.05) is 18.2 Å². The second-order valence-electron chi connectivity index (χ2n) is 6.24. The number of rotatable bonds is 5. The zero-order chi connectivity index (χ0) is 17.7. The van der Waals surface area contributed by atoms with E-state index in [2.05, 4.69) is 36.3 Å². The molecule has 0 saturated heterocycles. The van der Waals surface area contributed by atoms with Gasteiger partial charge in [0.05, 0.1) is 18.2 Å². The minimum Gasteiger partial charge on any atom is -0.496 e. The SMILES string of the molecule is COc1ccc(C(C)(C)C)cc1/C=N\Nc1ccc([N+](=O)[O-])cn1. The Morgan fingerprint density at radius 1 is 1.29 bits per heavy atom. The summed E-state index contributed by atoms with van der Waals surface area (Å²) in [7, 11) is 1.61. The number of aromatic nitrogens is 1. The van der Waals surface area contributed by atoms with Crippen LogP contribution in [0.4, 0.5) is 11.5 Å². The molecule has 1 aromatic heterocycles. The van der Waals surface area contributed by atoms with E-state index in [1.165, 1.54) is 23.9 Å². The van der Waals surface area contributed by atoms with Crippen molar-refractivity contribution < 1.29 is 9.66 Å². The average Bonchev–Trinajstić information content (AvgIpc) is 2.54. The van der Waals surface area contributed by atoms with Crippen molar-refractivity contribution in [2.24, 2.45) is 5.10 Å². The summed E-state index contributed by atoms with van der Waals surface area (Å²) < 4.78 is 5.35. The van der Waals surface area contributed by atoms with Crippen LogP contribution in [0.1, 0.15) is 31.9 Å². The number of pyridine rings is 1. The van der Waals surface area contributed by atoms with Gasteiger partial charge in [-0.05, 0) is 29.2 Å². The number of ether oxygens (including phenoxy) is 1. The fourth-order valence-corrected chi connectivity index (χ4v) is 2.03. The first kappa shape index (κ1) is 17.4. The van der Waals surface area contributed by atoms with E-state index in [0.717, 1.165) is 5.56 Å². The van der Waals surface area contributed by atoms with Crippen molar-refractivity contribution in [2.75, 3.05) is 12.5 Å². The Hall–Kier alpha value is -2.96. The molecular formula is C17H20N4O3. The molecule has 0 saturated carbocycles. The Kier molecular flexibility index (Phi) is 5.13. The van der Waals surface area contributed by atoms with Crippen molar-refractivity contribution in [3.05, 3.63) is 57.8 Å². The maximum Gasteiger partial charge on any atom is 0.287 e. The Morgan fingerprint density at radius 3 is 2.58 bits per heavy atom. The molecule has 0 aliphatic carbocycles. The molecule has 1 N–H and O–H groups in total. The van der Waals surface area contributed by atoms with Gasteiger partial charge in [0.2, 0.25) is 0 Å². The summed E-state index contributed by atoms with van der Waals surface area (Å²) in [5.74, 6) is 1.13. The summed E-state index contributed by atoms with van der Waals surface area (Å²) in [6.45, 7) is 6.40. The van der Waals surface area contributed by atoms with Gasteiger partial charge in [-0.3, -0.25) is 15.5 Å². The fraction of sp³-hybridized carbons (Fsp3) is 0.294. The lowest BCUT2D eigenvalue weighted by molar-refractivity contribution is -0.385. The molecule has 2 rings (SSSR count). The third kappa shape index (κ3) is 4.28. The molecular weight excluding hydrogens is 308 g/mol. The molecule has 0 bridgehead atoms. The van der Waals surface area contributed by atoms with Crippen LogP contribution in [0.15, 0.2) is 41.6 Å². The zero-order valence-electron chi connectivity index (χ0n) is 14.1. The van der Waals surface area contributed by atoms with Crippen molar-refractivity contribution in [1.29, 1.82) is 0 Å². The molecule has 1 heterocycles. The molecule has 0 aliphatic rings. The average molecular weight is 328 g/mol. The van der Waals surface area contributed by atoms with E-state index in [-0.39, 0.29) is 11.1 Å². The minimum atomic E-state index is -0.497. The van der Waals surface area contributed by atoms with Gasteiger partial charge in [0.15, 0.2) is 0 Å². The number of nitrogens with zero attached hydrogens (tertiary/aromatic N) is 3. The van der Waals surface area contributed by atoms with Gasteiger partial charge in [0.1, 0.15) is 17.8 Å². The first-order chi connectivity index (χ1) is 11.3. The number of nitrogens with one attached hydrogen (secondary N) is 1. The lowest BCUT2D eigenvalue weighted by atomic mass is 9.86. The van der Waals surface area contributed by atoms with Gasteiger partial charge in [0.25, 0.3) is 5.69 Å². The van der Waals surface area contributed by atoms with Crippen LogP contribution in [0, 0.1) is 10.1 Å². The van der Waals surface area contributed by atoms with E-state index in [4.69, 9.17) is 4.74 Å². The Balaban J connectivity index is 2.17. The molecule has 0 amide bonds.